The van der Waals surface area contributed by atoms with E-state index in [0.29, 0.717) is 17.6 Å². The van der Waals surface area contributed by atoms with Gasteiger partial charge in [0.05, 0.1) is 11.0 Å². The Morgan fingerprint density at radius 3 is 2.83 bits per heavy atom. The number of rotatable bonds is 3. The summed E-state index contributed by atoms with van der Waals surface area (Å²) in [6, 6.07) is 1.88. The summed E-state index contributed by atoms with van der Waals surface area (Å²) in [6.07, 6.45) is 2.68. The van der Waals surface area contributed by atoms with Gasteiger partial charge < -0.3 is 9.52 Å². The molecule has 18 heavy (non-hydrogen) atoms. The molecule has 0 aliphatic carbocycles. The monoisotopic (exact) mass is 379 g/mol. The molecule has 2 rings (SSSR count). The Morgan fingerprint density at radius 2 is 2.28 bits per heavy atom. The minimum Gasteiger partial charge on any atom is -0.480 e. The Labute approximate surface area is 123 Å². The first-order valence-corrected chi connectivity index (χ1v) is 7.44. The molecule has 2 heterocycles. The molecule has 0 radical (unpaired) electrons. The molecule has 1 aromatic heterocycles. The number of nitrogens with zero attached hydrogens (tertiary/aromatic N) is 1. The van der Waals surface area contributed by atoms with Crippen molar-refractivity contribution in [3.05, 3.63) is 21.0 Å². The number of furan rings is 1. The van der Waals surface area contributed by atoms with Gasteiger partial charge in [0.15, 0.2) is 4.67 Å². The lowest BCUT2D eigenvalue weighted by Crippen LogP contribution is -2.54. The second kappa shape index (κ2) is 5.35. The molecular weight excluding hydrogens is 366 g/mol. The molecule has 6 heteroatoms. The van der Waals surface area contributed by atoms with Crippen molar-refractivity contribution in [3.63, 3.8) is 0 Å². The van der Waals surface area contributed by atoms with Crippen LogP contribution in [0.15, 0.2) is 19.6 Å². The van der Waals surface area contributed by atoms with Gasteiger partial charge in [-0.1, -0.05) is 0 Å². The van der Waals surface area contributed by atoms with Crippen molar-refractivity contribution in [3.8, 4) is 0 Å². The van der Waals surface area contributed by atoms with E-state index in [9.17, 15) is 9.90 Å². The summed E-state index contributed by atoms with van der Waals surface area (Å²) in [7, 11) is 0. The SMILES string of the molecule is CC1(C(=O)O)CCCCN1Cc1cc(Br)c(Br)o1. The number of halogens is 2. The van der Waals surface area contributed by atoms with Crippen LogP contribution in [0.4, 0.5) is 0 Å². The molecule has 100 valence electrons. The lowest BCUT2D eigenvalue weighted by molar-refractivity contribution is -0.153. The molecule has 1 saturated heterocycles. The Hall–Kier alpha value is -0.330. The topological polar surface area (TPSA) is 53.7 Å². The minimum atomic E-state index is -0.788. The van der Waals surface area contributed by atoms with Crippen molar-refractivity contribution in [2.24, 2.45) is 0 Å². The van der Waals surface area contributed by atoms with Crippen LogP contribution >= 0.6 is 31.9 Å². The van der Waals surface area contributed by atoms with E-state index in [2.05, 4.69) is 31.9 Å². The van der Waals surface area contributed by atoms with Crippen molar-refractivity contribution in [1.82, 2.24) is 4.90 Å². The lowest BCUT2D eigenvalue weighted by Gasteiger charge is -2.41. The Kier molecular flexibility index (Phi) is 4.18. The quantitative estimate of drug-likeness (QED) is 0.869. The minimum absolute atomic E-state index is 0.521. The highest BCUT2D eigenvalue weighted by atomic mass is 79.9. The molecule has 1 unspecified atom stereocenters. The van der Waals surface area contributed by atoms with Crippen LogP contribution in [0.1, 0.15) is 31.9 Å². The predicted molar refractivity (Wildman–Crippen MR) is 74.4 cm³/mol. The van der Waals surface area contributed by atoms with Crippen molar-refractivity contribution in [2.75, 3.05) is 6.54 Å². The first-order valence-electron chi connectivity index (χ1n) is 5.85. The fraction of sp³-hybridized carbons (Fsp3) is 0.583. The van der Waals surface area contributed by atoms with E-state index in [1.165, 1.54) is 0 Å². The number of carbonyl (C=O) groups is 1. The second-order valence-electron chi connectivity index (χ2n) is 4.79. The summed E-state index contributed by atoms with van der Waals surface area (Å²) < 4.78 is 7.02. The van der Waals surface area contributed by atoms with E-state index in [1.807, 2.05) is 11.0 Å². The van der Waals surface area contributed by atoms with Gasteiger partial charge in [0, 0.05) is 0 Å². The third-order valence-corrected chi connectivity index (χ3v) is 5.25. The molecule has 0 aromatic carbocycles. The van der Waals surface area contributed by atoms with Crippen LogP contribution in [0.5, 0.6) is 0 Å². The maximum Gasteiger partial charge on any atom is 0.323 e. The fourth-order valence-corrected chi connectivity index (χ4v) is 2.99. The number of carboxylic acids is 1. The Morgan fingerprint density at radius 1 is 1.56 bits per heavy atom. The fourth-order valence-electron chi connectivity index (χ4n) is 2.33. The number of piperidine rings is 1. The zero-order valence-corrected chi connectivity index (χ0v) is 13.3. The number of aliphatic carboxylic acids is 1. The molecule has 1 aliphatic heterocycles. The number of likely N-dealkylation sites (tertiary alicyclic amines) is 1. The third kappa shape index (κ3) is 2.65. The van der Waals surface area contributed by atoms with Crippen molar-refractivity contribution >= 4 is 37.8 Å². The van der Waals surface area contributed by atoms with Crippen LogP contribution < -0.4 is 0 Å². The molecular formula is C12H15Br2NO3. The van der Waals surface area contributed by atoms with Crippen LogP contribution in [0, 0.1) is 0 Å². The van der Waals surface area contributed by atoms with Crippen LogP contribution in [-0.2, 0) is 11.3 Å². The molecule has 1 atom stereocenters. The lowest BCUT2D eigenvalue weighted by atomic mass is 9.88. The largest absolute Gasteiger partial charge is 0.480 e. The van der Waals surface area contributed by atoms with Crippen LogP contribution in [-0.4, -0.2) is 28.1 Å². The highest BCUT2D eigenvalue weighted by Crippen LogP contribution is 2.32. The van der Waals surface area contributed by atoms with Gasteiger partial charge in [-0.05, 0) is 70.7 Å². The average Bonchev–Trinajstić information content (AvgIpc) is 2.61. The third-order valence-electron chi connectivity index (χ3n) is 3.54. The normalized spacial score (nSPS) is 25.3. The molecule has 4 nitrogen and oxygen atoms in total. The number of hydrogen-bond donors (Lipinski definition) is 1. The van der Waals surface area contributed by atoms with Gasteiger partial charge in [-0.15, -0.1) is 0 Å². The predicted octanol–water partition coefficient (Wildman–Crippen LogP) is 3.63. The summed E-state index contributed by atoms with van der Waals surface area (Å²) in [5.41, 5.74) is -0.788. The number of carboxylic acid groups (broad SMARTS) is 1. The zero-order chi connectivity index (χ0) is 13.3. The van der Waals surface area contributed by atoms with Gasteiger partial charge in [-0.2, -0.15) is 0 Å². The van der Waals surface area contributed by atoms with Gasteiger partial charge >= 0.3 is 5.97 Å². The van der Waals surface area contributed by atoms with Crippen molar-refractivity contribution in [2.45, 2.75) is 38.3 Å². The molecule has 0 amide bonds. The van der Waals surface area contributed by atoms with E-state index >= 15 is 0 Å². The second-order valence-corrected chi connectivity index (χ2v) is 6.37. The highest BCUT2D eigenvalue weighted by Gasteiger charge is 2.41. The summed E-state index contributed by atoms with van der Waals surface area (Å²) >= 11 is 6.65. The van der Waals surface area contributed by atoms with E-state index in [0.717, 1.165) is 29.6 Å². The zero-order valence-electron chi connectivity index (χ0n) is 10.1. The molecule has 0 spiro atoms. The van der Waals surface area contributed by atoms with Crippen LogP contribution in [0.2, 0.25) is 0 Å². The molecule has 1 N–H and O–H groups in total. The molecule has 1 aromatic rings. The summed E-state index contributed by atoms with van der Waals surface area (Å²) in [4.78, 5) is 13.4. The highest BCUT2D eigenvalue weighted by molar-refractivity contribution is 9.13. The molecule has 1 fully saturated rings. The van der Waals surface area contributed by atoms with Crippen molar-refractivity contribution < 1.29 is 14.3 Å². The Bertz CT molecular complexity index is 441. The first-order chi connectivity index (χ1) is 8.43. The van der Waals surface area contributed by atoms with Crippen molar-refractivity contribution in [1.29, 1.82) is 0 Å². The van der Waals surface area contributed by atoms with Gasteiger partial charge in [0.25, 0.3) is 0 Å². The molecule has 1 aliphatic rings. The van der Waals surface area contributed by atoms with E-state index in [4.69, 9.17) is 4.42 Å². The first kappa shape index (κ1) is 14.1. The summed E-state index contributed by atoms with van der Waals surface area (Å²) in [6.45, 7) is 3.10. The summed E-state index contributed by atoms with van der Waals surface area (Å²) in [5, 5.41) is 9.41. The van der Waals surface area contributed by atoms with E-state index < -0.39 is 11.5 Å². The van der Waals surface area contributed by atoms with Gasteiger partial charge in [-0.25, -0.2) is 0 Å². The van der Waals surface area contributed by atoms with Gasteiger partial charge in [-0.3, -0.25) is 9.69 Å². The molecule has 0 saturated carbocycles. The molecule has 0 bridgehead atoms. The van der Waals surface area contributed by atoms with E-state index in [1.54, 1.807) is 6.92 Å². The van der Waals surface area contributed by atoms with Crippen LogP contribution in [0.3, 0.4) is 0 Å². The number of hydrogen-bond acceptors (Lipinski definition) is 3. The van der Waals surface area contributed by atoms with E-state index in [-0.39, 0.29) is 0 Å². The summed E-state index contributed by atoms with van der Waals surface area (Å²) in [5.74, 6) is 0.00927. The maximum absolute atomic E-state index is 11.5. The van der Waals surface area contributed by atoms with Gasteiger partial charge in [0.1, 0.15) is 11.3 Å². The standard InChI is InChI=1S/C12H15Br2NO3/c1-12(11(16)17)4-2-3-5-15(12)7-8-6-9(13)10(14)18-8/h6H,2-5,7H2,1H3,(H,16,17). The maximum atomic E-state index is 11.5. The van der Waals surface area contributed by atoms with Crippen LogP contribution in [0.25, 0.3) is 0 Å². The smallest absolute Gasteiger partial charge is 0.323 e. The van der Waals surface area contributed by atoms with Gasteiger partial charge in [0.2, 0.25) is 0 Å². The Balaban J connectivity index is 2.17. The average molecular weight is 381 g/mol.